The maximum atomic E-state index is 12.3. The van der Waals surface area contributed by atoms with Crippen LogP contribution in [0.4, 0.5) is 16.2 Å². The Hall–Kier alpha value is -4.37. The van der Waals surface area contributed by atoms with Crippen LogP contribution in [0.5, 0.6) is 5.75 Å². The molecule has 0 bridgehead atoms. The normalized spacial score (nSPS) is 11.0. The van der Waals surface area contributed by atoms with Gasteiger partial charge < -0.3 is 15.7 Å². The highest BCUT2D eigenvalue weighted by atomic mass is 32.2. The van der Waals surface area contributed by atoms with Crippen molar-refractivity contribution in [3.05, 3.63) is 96.6 Å². The number of hydrogen-bond donors (Lipinski definition) is 4. The van der Waals surface area contributed by atoms with Gasteiger partial charge in [-0.15, -0.1) is 0 Å². The number of amides is 3. The summed E-state index contributed by atoms with van der Waals surface area (Å²) in [6.07, 6.45) is 0. The first-order valence-electron chi connectivity index (χ1n) is 9.83. The molecule has 0 unspecified atom stereocenters. The van der Waals surface area contributed by atoms with Gasteiger partial charge in [-0.25, -0.2) is 17.9 Å². The van der Waals surface area contributed by atoms with Crippen LogP contribution in [0.3, 0.4) is 0 Å². The van der Waals surface area contributed by atoms with Gasteiger partial charge in [-0.1, -0.05) is 30.3 Å². The Morgan fingerprint density at radius 3 is 2.00 bits per heavy atom. The summed E-state index contributed by atoms with van der Waals surface area (Å²) in [6, 6.07) is 23.4. The first-order chi connectivity index (χ1) is 15.8. The molecule has 8 nitrogen and oxygen atoms in total. The Kier molecular flexibility index (Phi) is 5.97. The number of sulfonamides is 1. The average Bonchev–Trinajstić information content (AvgIpc) is 2.79. The quantitative estimate of drug-likeness (QED) is 0.353. The molecule has 3 amide bonds. The molecule has 0 fully saturated rings. The molecular formula is C24H19N3O5S. The SMILES string of the molecule is O=C(Nc1ccc(C(=O)NS(=O)(=O)c2ccc(O)cc2)cc1)Nc1ccc2ccccc2c1. The van der Waals surface area contributed by atoms with Gasteiger partial charge in [0.1, 0.15) is 5.75 Å². The third kappa shape index (κ3) is 5.28. The standard InChI is InChI=1S/C24H19N3O5S/c28-21-11-13-22(14-12-21)33(31,32)27-23(29)17-6-8-19(9-7-17)25-24(30)26-20-10-5-16-3-1-2-4-18(16)15-20/h1-15,28H,(H,27,29)(H2,25,26,30). The van der Waals surface area contributed by atoms with Gasteiger partial charge in [0.15, 0.2) is 0 Å². The van der Waals surface area contributed by atoms with E-state index in [0.717, 1.165) is 10.8 Å². The van der Waals surface area contributed by atoms with E-state index in [1.54, 1.807) is 6.07 Å². The van der Waals surface area contributed by atoms with E-state index in [1.165, 1.54) is 48.5 Å². The van der Waals surface area contributed by atoms with Gasteiger partial charge in [-0.2, -0.15) is 0 Å². The molecule has 33 heavy (non-hydrogen) atoms. The number of carbonyl (C=O) groups is 2. The molecule has 0 aliphatic carbocycles. The number of rotatable bonds is 5. The number of fused-ring (bicyclic) bond motifs is 1. The van der Waals surface area contributed by atoms with Crippen molar-refractivity contribution in [2.24, 2.45) is 0 Å². The van der Waals surface area contributed by atoms with Crippen molar-refractivity contribution in [3.8, 4) is 5.75 Å². The first-order valence-corrected chi connectivity index (χ1v) is 11.3. The third-order valence-electron chi connectivity index (χ3n) is 4.79. The Balaban J connectivity index is 1.38. The number of hydrogen-bond acceptors (Lipinski definition) is 5. The van der Waals surface area contributed by atoms with Crippen molar-refractivity contribution in [2.75, 3.05) is 10.6 Å². The number of benzene rings is 4. The Bertz CT molecular complexity index is 1430. The minimum atomic E-state index is -4.09. The molecule has 0 aliphatic heterocycles. The molecule has 4 aromatic rings. The molecule has 0 spiro atoms. The van der Waals surface area contributed by atoms with E-state index in [1.807, 2.05) is 41.1 Å². The highest BCUT2D eigenvalue weighted by Gasteiger charge is 2.18. The maximum absolute atomic E-state index is 12.3. The number of phenols is 1. The van der Waals surface area contributed by atoms with E-state index >= 15 is 0 Å². The number of urea groups is 1. The van der Waals surface area contributed by atoms with Crippen molar-refractivity contribution < 1.29 is 23.1 Å². The summed E-state index contributed by atoms with van der Waals surface area (Å²) in [5.41, 5.74) is 1.14. The summed E-state index contributed by atoms with van der Waals surface area (Å²) in [7, 11) is -4.09. The zero-order valence-electron chi connectivity index (χ0n) is 17.1. The molecule has 0 aliphatic rings. The van der Waals surface area contributed by atoms with E-state index in [0.29, 0.717) is 11.4 Å². The summed E-state index contributed by atoms with van der Waals surface area (Å²) < 4.78 is 26.6. The van der Waals surface area contributed by atoms with E-state index in [2.05, 4.69) is 10.6 Å². The number of phenolic OH excluding ortho intramolecular Hbond substituents is 1. The molecule has 0 radical (unpaired) electrons. The lowest BCUT2D eigenvalue weighted by atomic mass is 10.1. The molecule has 4 rings (SSSR count). The van der Waals surface area contributed by atoms with Crippen molar-refractivity contribution >= 4 is 44.1 Å². The van der Waals surface area contributed by atoms with Gasteiger partial charge in [-0.05, 0) is 71.4 Å². The van der Waals surface area contributed by atoms with Gasteiger partial charge >= 0.3 is 6.03 Å². The highest BCUT2D eigenvalue weighted by Crippen LogP contribution is 2.19. The molecule has 0 atom stereocenters. The lowest BCUT2D eigenvalue weighted by Crippen LogP contribution is -2.30. The third-order valence-corrected chi connectivity index (χ3v) is 6.13. The smallest absolute Gasteiger partial charge is 0.323 e. The molecule has 0 saturated heterocycles. The van der Waals surface area contributed by atoms with Crippen molar-refractivity contribution in [1.29, 1.82) is 0 Å². The second kappa shape index (κ2) is 9.01. The Morgan fingerprint density at radius 1 is 0.697 bits per heavy atom. The molecule has 4 N–H and O–H groups in total. The first kappa shape index (κ1) is 21.8. The van der Waals surface area contributed by atoms with Crippen LogP contribution in [0.2, 0.25) is 0 Å². The lowest BCUT2D eigenvalue weighted by molar-refractivity contribution is 0.0981. The van der Waals surface area contributed by atoms with Gasteiger partial charge in [0.05, 0.1) is 4.90 Å². The largest absolute Gasteiger partial charge is 0.508 e. The Morgan fingerprint density at radius 2 is 1.30 bits per heavy atom. The van der Waals surface area contributed by atoms with Crippen molar-refractivity contribution in [1.82, 2.24) is 4.72 Å². The van der Waals surface area contributed by atoms with E-state index in [9.17, 15) is 23.1 Å². The summed E-state index contributed by atoms with van der Waals surface area (Å²) >= 11 is 0. The van der Waals surface area contributed by atoms with Gasteiger partial charge in [0.25, 0.3) is 15.9 Å². The van der Waals surface area contributed by atoms with Crippen molar-refractivity contribution in [2.45, 2.75) is 4.90 Å². The fraction of sp³-hybridized carbons (Fsp3) is 0. The minimum Gasteiger partial charge on any atom is -0.508 e. The summed E-state index contributed by atoms with van der Waals surface area (Å²) in [6.45, 7) is 0. The number of nitrogens with one attached hydrogen (secondary N) is 3. The van der Waals surface area contributed by atoms with E-state index in [-0.39, 0.29) is 16.2 Å². The average molecular weight is 461 g/mol. The van der Waals surface area contributed by atoms with Gasteiger partial charge in [0, 0.05) is 16.9 Å². The molecular weight excluding hydrogens is 442 g/mol. The minimum absolute atomic E-state index is 0.0898. The van der Waals surface area contributed by atoms with Crippen molar-refractivity contribution in [3.63, 3.8) is 0 Å². The summed E-state index contributed by atoms with van der Waals surface area (Å²) in [4.78, 5) is 24.5. The summed E-state index contributed by atoms with van der Waals surface area (Å²) in [5, 5.41) is 16.7. The molecule has 9 heteroatoms. The molecule has 0 heterocycles. The van der Waals surface area contributed by atoms with Gasteiger partial charge in [-0.3, -0.25) is 4.79 Å². The van der Waals surface area contributed by atoms with Gasteiger partial charge in [0.2, 0.25) is 0 Å². The molecule has 0 aromatic heterocycles. The second-order valence-electron chi connectivity index (χ2n) is 7.15. The van der Waals surface area contributed by atoms with Crippen LogP contribution in [0.25, 0.3) is 10.8 Å². The fourth-order valence-electron chi connectivity index (χ4n) is 3.13. The van der Waals surface area contributed by atoms with Crippen LogP contribution in [-0.2, 0) is 10.0 Å². The topological polar surface area (TPSA) is 125 Å². The van der Waals surface area contributed by atoms with Crippen LogP contribution in [0.15, 0.2) is 95.9 Å². The zero-order chi connectivity index (χ0) is 23.4. The number of aromatic hydroxyl groups is 1. The van der Waals surface area contributed by atoms with Crippen LogP contribution in [0, 0.1) is 0 Å². The molecule has 166 valence electrons. The fourth-order valence-corrected chi connectivity index (χ4v) is 4.10. The number of anilines is 2. The van der Waals surface area contributed by atoms with Crippen LogP contribution in [0.1, 0.15) is 10.4 Å². The predicted octanol–water partition coefficient (Wildman–Crippen LogP) is 4.31. The predicted molar refractivity (Wildman–Crippen MR) is 126 cm³/mol. The maximum Gasteiger partial charge on any atom is 0.323 e. The highest BCUT2D eigenvalue weighted by molar-refractivity contribution is 7.90. The van der Waals surface area contributed by atoms with E-state index in [4.69, 9.17) is 0 Å². The van der Waals surface area contributed by atoms with Crippen LogP contribution < -0.4 is 15.4 Å². The van der Waals surface area contributed by atoms with Crippen LogP contribution >= 0.6 is 0 Å². The number of carbonyl (C=O) groups excluding carboxylic acids is 2. The zero-order valence-corrected chi connectivity index (χ0v) is 18.0. The summed E-state index contributed by atoms with van der Waals surface area (Å²) in [5.74, 6) is -0.914. The second-order valence-corrected chi connectivity index (χ2v) is 8.83. The Labute approximate surface area is 189 Å². The monoisotopic (exact) mass is 461 g/mol. The van der Waals surface area contributed by atoms with Crippen LogP contribution in [-0.4, -0.2) is 25.5 Å². The molecule has 0 saturated carbocycles. The lowest BCUT2D eigenvalue weighted by Gasteiger charge is -2.10. The molecule has 4 aromatic carbocycles. The van der Waals surface area contributed by atoms with E-state index < -0.39 is 22.0 Å².